The summed E-state index contributed by atoms with van der Waals surface area (Å²) in [7, 11) is 1.70. The molecular weight excluding hydrogens is 230 g/mol. The normalized spacial score (nSPS) is 14.9. The molecule has 0 aliphatic carbocycles. The van der Waals surface area contributed by atoms with Crippen LogP contribution in [0.1, 0.15) is 10.4 Å². The van der Waals surface area contributed by atoms with Gasteiger partial charge in [0, 0.05) is 19.4 Å². The number of nitrogens with zero attached hydrogens (tertiary/aromatic N) is 4. The largest absolute Gasteiger partial charge is 0.297 e. The minimum atomic E-state index is -0.0860. The highest BCUT2D eigenvalue weighted by Crippen LogP contribution is 2.36. The second-order valence-electron chi connectivity index (χ2n) is 3.97. The lowest BCUT2D eigenvalue weighted by molar-refractivity contribution is 0.0828. The third-order valence-corrected chi connectivity index (χ3v) is 2.96. The Labute approximate surface area is 104 Å². The van der Waals surface area contributed by atoms with E-state index in [1.807, 2.05) is 4.90 Å². The second kappa shape index (κ2) is 3.69. The molecule has 0 aromatic carbocycles. The highest BCUT2D eigenvalue weighted by molar-refractivity contribution is 6.04. The first-order valence-electron chi connectivity index (χ1n) is 5.40. The maximum atomic E-state index is 12.1. The number of anilines is 2. The van der Waals surface area contributed by atoms with E-state index in [0.717, 1.165) is 5.69 Å². The molecule has 6 nitrogen and oxygen atoms in total. The highest BCUT2D eigenvalue weighted by atomic mass is 16.2. The van der Waals surface area contributed by atoms with Gasteiger partial charge >= 0.3 is 0 Å². The maximum absolute atomic E-state index is 12.1. The van der Waals surface area contributed by atoms with Gasteiger partial charge in [-0.3, -0.25) is 24.7 Å². The lowest BCUT2D eigenvalue weighted by atomic mass is 10.1. The number of hydrogen-bond donors (Lipinski definition) is 1. The number of hydrogen-bond acceptors (Lipinski definition) is 4. The topological polar surface area (TPSA) is 65.1 Å². The SMILES string of the molecule is C=C1N(C)C(=O)c2ccncc2N1c1cn[nH]c1. The number of carbonyl (C=O) groups is 1. The summed E-state index contributed by atoms with van der Waals surface area (Å²) >= 11 is 0. The summed E-state index contributed by atoms with van der Waals surface area (Å²) in [4.78, 5) is 19.5. The van der Waals surface area contributed by atoms with Crippen LogP contribution in [0.4, 0.5) is 11.4 Å². The molecule has 18 heavy (non-hydrogen) atoms. The van der Waals surface area contributed by atoms with Gasteiger partial charge < -0.3 is 0 Å². The summed E-state index contributed by atoms with van der Waals surface area (Å²) in [6, 6.07) is 1.70. The third kappa shape index (κ3) is 1.32. The number of pyridine rings is 1. The zero-order chi connectivity index (χ0) is 12.7. The molecule has 90 valence electrons. The van der Waals surface area contributed by atoms with Gasteiger partial charge in [0.1, 0.15) is 5.82 Å². The van der Waals surface area contributed by atoms with Crippen LogP contribution in [-0.2, 0) is 0 Å². The van der Waals surface area contributed by atoms with Crippen LogP contribution in [0.25, 0.3) is 0 Å². The first kappa shape index (κ1) is 10.5. The van der Waals surface area contributed by atoms with Crippen LogP contribution in [0.3, 0.4) is 0 Å². The van der Waals surface area contributed by atoms with Crippen LogP contribution >= 0.6 is 0 Å². The van der Waals surface area contributed by atoms with Crippen molar-refractivity contribution in [2.24, 2.45) is 0 Å². The summed E-state index contributed by atoms with van der Waals surface area (Å²) in [6.07, 6.45) is 6.67. The molecule has 0 fully saturated rings. The van der Waals surface area contributed by atoms with E-state index in [4.69, 9.17) is 0 Å². The van der Waals surface area contributed by atoms with E-state index in [2.05, 4.69) is 21.8 Å². The predicted molar refractivity (Wildman–Crippen MR) is 66.2 cm³/mol. The lowest BCUT2D eigenvalue weighted by Crippen LogP contribution is -2.39. The van der Waals surface area contributed by atoms with Crippen LogP contribution in [-0.4, -0.2) is 33.0 Å². The number of carbonyl (C=O) groups excluding carboxylic acids is 1. The van der Waals surface area contributed by atoms with Crippen molar-refractivity contribution >= 4 is 17.3 Å². The van der Waals surface area contributed by atoms with Crippen molar-refractivity contribution in [3.63, 3.8) is 0 Å². The zero-order valence-corrected chi connectivity index (χ0v) is 9.79. The Bertz CT molecular complexity index is 619. The van der Waals surface area contributed by atoms with E-state index < -0.39 is 0 Å². The lowest BCUT2D eigenvalue weighted by Gasteiger charge is -2.36. The summed E-state index contributed by atoms with van der Waals surface area (Å²) in [5.41, 5.74) is 2.13. The fourth-order valence-corrected chi connectivity index (χ4v) is 1.99. The number of nitrogens with one attached hydrogen (secondary N) is 1. The molecule has 0 radical (unpaired) electrons. The Hall–Kier alpha value is -2.63. The number of aromatic amines is 1. The Morgan fingerprint density at radius 2 is 2.22 bits per heavy atom. The smallest absolute Gasteiger partial charge is 0.261 e. The molecule has 1 amide bonds. The Kier molecular flexibility index (Phi) is 2.16. The van der Waals surface area contributed by atoms with Gasteiger partial charge in [0.25, 0.3) is 5.91 Å². The van der Waals surface area contributed by atoms with Crippen LogP contribution < -0.4 is 4.90 Å². The third-order valence-electron chi connectivity index (χ3n) is 2.96. The number of H-pyrrole nitrogens is 1. The molecule has 0 bridgehead atoms. The molecule has 0 saturated heterocycles. The Morgan fingerprint density at radius 3 is 2.94 bits per heavy atom. The van der Waals surface area contributed by atoms with Crippen molar-refractivity contribution in [1.29, 1.82) is 0 Å². The van der Waals surface area contributed by atoms with Crippen molar-refractivity contribution in [2.75, 3.05) is 11.9 Å². The molecule has 2 aromatic heterocycles. The first-order valence-corrected chi connectivity index (χ1v) is 5.40. The molecular formula is C12H11N5O. The molecule has 0 saturated carbocycles. The van der Waals surface area contributed by atoms with Gasteiger partial charge in [0.05, 0.1) is 29.3 Å². The van der Waals surface area contributed by atoms with Crippen molar-refractivity contribution < 1.29 is 4.79 Å². The van der Waals surface area contributed by atoms with Crippen LogP contribution in [0.2, 0.25) is 0 Å². The minimum Gasteiger partial charge on any atom is -0.297 e. The number of amides is 1. The number of fused-ring (bicyclic) bond motifs is 1. The van der Waals surface area contributed by atoms with Crippen LogP contribution in [0, 0.1) is 0 Å². The second-order valence-corrected chi connectivity index (χ2v) is 3.97. The minimum absolute atomic E-state index is 0.0860. The van der Waals surface area contributed by atoms with Crippen molar-refractivity contribution in [2.45, 2.75) is 0 Å². The standard InChI is InChI=1S/C12H11N5O/c1-8-16(2)12(18)10-3-4-13-7-11(10)17(8)9-5-14-15-6-9/h3-7H,1H2,2H3,(H,14,15). The van der Waals surface area contributed by atoms with E-state index in [1.54, 1.807) is 37.9 Å². The zero-order valence-electron chi connectivity index (χ0n) is 9.79. The molecule has 1 N–H and O–H groups in total. The molecule has 2 aromatic rings. The maximum Gasteiger partial charge on any atom is 0.261 e. The summed E-state index contributed by atoms with van der Waals surface area (Å²) in [5.74, 6) is 0.485. The van der Waals surface area contributed by atoms with Crippen molar-refractivity contribution in [1.82, 2.24) is 20.1 Å². The number of aromatic nitrogens is 3. The molecule has 6 heteroatoms. The van der Waals surface area contributed by atoms with Crippen molar-refractivity contribution in [3.8, 4) is 0 Å². The molecule has 0 spiro atoms. The van der Waals surface area contributed by atoms with Crippen molar-refractivity contribution in [3.05, 3.63) is 48.8 Å². The van der Waals surface area contributed by atoms with E-state index in [-0.39, 0.29) is 5.91 Å². The van der Waals surface area contributed by atoms with E-state index in [1.165, 1.54) is 4.90 Å². The Morgan fingerprint density at radius 1 is 1.39 bits per heavy atom. The van der Waals surface area contributed by atoms with Gasteiger partial charge in [0.2, 0.25) is 0 Å². The molecule has 0 unspecified atom stereocenters. The van der Waals surface area contributed by atoms with Gasteiger partial charge in [-0.1, -0.05) is 6.58 Å². The monoisotopic (exact) mass is 241 g/mol. The van der Waals surface area contributed by atoms with E-state index >= 15 is 0 Å². The van der Waals surface area contributed by atoms with E-state index in [9.17, 15) is 4.79 Å². The molecule has 3 rings (SSSR count). The highest BCUT2D eigenvalue weighted by Gasteiger charge is 2.31. The molecule has 1 aliphatic heterocycles. The predicted octanol–water partition coefficient (Wildman–Crippen LogP) is 1.50. The Balaban J connectivity index is 2.22. The fourth-order valence-electron chi connectivity index (χ4n) is 1.99. The first-order chi connectivity index (χ1) is 8.70. The number of rotatable bonds is 1. The van der Waals surface area contributed by atoms with Gasteiger partial charge in [-0.05, 0) is 6.07 Å². The van der Waals surface area contributed by atoms with E-state index in [0.29, 0.717) is 17.1 Å². The quantitative estimate of drug-likeness (QED) is 0.821. The van der Waals surface area contributed by atoms with Crippen LogP contribution in [0.15, 0.2) is 43.3 Å². The van der Waals surface area contributed by atoms with Gasteiger partial charge in [0.15, 0.2) is 0 Å². The average molecular weight is 241 g/mol. The molecule has 3 heterocycles. The summed E-state index contributed by atoms with van der Waals surface area (Å²) < 4.78 is 0. The van der Waals surface area contributed by atoms with Gasteiger partial charge in [-0.15, -0.1) is 0 Å². The average Bonchev–Trinajstić information content (AvgIpc) is 2.90. The molecule has 0 atom stereocenters. The fraction of sp³-hybridized carbons (Fsp3) is 0.0833. The van der Waals surface area contributed by atoms with Crippen LogP contribution in [0.5, 0.6) is 0 Å². The summed E-state index contributed by atoms with van der Waals surface area (Å²) in [5, 5.41) is 6.66. The molecule has 1 aliphatic rings. The van der Waals surface area contributed by atoms with Gasteiger partial charge in [-0.25, -0.2) is 0 Å². The summed E-state index contributed by atoms with van der Waals surface area (Å²) in [6.45, 7) is 3.94. The van der Waals surface area contributed by atoms with Gasteiger partial charge in [-0.2, -0.15) is 5.10 Å².